The van der Waals surface area contributed by atoms with E-state index in [-0.39, 0.29) is 0 Å². The first-order chi connectivity index (χ1) is 7.37. The van der Waals surface area contributed by atoms with Gasteiger partial charge in [-0.3, -0.25) is 4.57 Å². The molecule has 0 aromatic rings. The van der Waals surface area contributed by atoms with Crippen molar-refractivity contribution in [1.82, 2.24) is 0 Å². The molecule has 3 nitrogen and oxygen atoms in total. The molecule has 0 aliphatic rings. The maximum atomic E-state index is 12.5. The van der Waals surface area contributed by atoms with Gasteiger partial charge in [0.1, 0.15) is 0 Å². The molecular weight excluding hydrogens is 263 g/mol. The number of thioether (sulfide) groups is 2. The topological polar surface area (TPSA) is 35.5 Å². The zero-order valence-electron chi connectivity index (χ0n) is 10.8. The molecule has 0 heterocycles. The van der Waals surface area contributed by atoms with Crippen molar-refractivity contribution >= 4 is 31.1 Å². The zero-order valence-corrected chi connectivity index (χ0v) is 13.3. The van der Waals surface area contributed by atoms with Crippen molar-refractivity contribution in [3.05, 3.63) is 0 Å². The molecule has 0 bridgehead atoms. The molecule has 0 amide bonds. The maximum absolute atomic E-state index is 12.5. The monoisotopic (exact) mass is 286 g/mol. The summed E-state index contributed by atoms with van der Waals surface area (Å²) in [4.78, 5) is 0. The van der Waals surface area contributed by atoms with Crippen molar-refractivity contribution in [2.24, 2.45) is 0 Å². The summed E-state index contributed by atoms with van der Waals surface area (Å²) in [5, 5.41) is -0.455. The van der Waals surface area contributed by atoms with Gasteiger partial charge in [0.05, 0.1) is 18.4 Å². The summed E-state index contributed by atoms with van der Waals surface area (Å²) in [5.74, 6) is 1.68. The lowest BCUT2D eigenvalue weighted by molar-refractivity contribution is 0.206. The molecule has 0 aliphatic heterocycles. The highest BCUT2D eigenvalue weighted by Crippen LogP contribution is 2.59. The summed E-state index contributed by atoms with van der Waals surface area (Å²) in [5.41, 5.74) is 0. The fourth-order valence-corrected chi connectivity index (χ4v) is 3.17. The molecule has 0 unspecified atom stereocenters. The molecule has 0 N–H and O–H groups in total. The summed E-state index contributed by atoms with van der Waals surface area (Å²) in [6.45, 7) is 6.65. The number of rotatable bonds is 8. The minimum absolute atomic E-state index is 0.455. The van der Waals surface area contributed by atoms with Crippen LogP contribution < -0.4 is 0 Å². The highest BCUT2D eigenvalue weighted by Gasteiger charge is 2.39. The lowest BCUT2D eigenvalue weighted by Gasteiger charge is -2.29. The van der Waals surface area contributed by atoms with E-state index >= 15 is 0 Å². The Hall–Kier alpha value is 0.850. The second-order valence-corrected chi connectivity index (χ2v) is 9.14. The molecule has 0 saturated heterocycles. The first kappa shape index (κ1) is 16.9. The van der Waals surface area contributed by atoms with E-state index in [0.717, 1.165) is 11.5 Å². The summed E-state index contributed by atoms with van der Waals surface area (Å²) >= 11 is 3.35. The molecule has 0 aliphatic carbocycles. The number of hydrogen-bond donors (Lipinski definition) is 0. The van der Waals surface area contributed by atoms with Crippen LogP contribution in [-0.4, -0.2) is 42.4 Å². The molecule has 98 valence electrons. The Morgan fingerprint density at radius 1 is 1.00 bits per heavy atom. The fourth-order valence-electron chi connectivity index (χ4n) is 0.906. The Balaban J connectivity index is 4.33. The van der Waals surface area contributed by atoms with Crippen LogP contribution in [0.5, 0.6) is 0 Å². The molecule has 0 rings (SSSR count). The van der Waals surface area contributed by atoms with E-state index in [1.54, 1.807) is 23.5 Å². The van der Waals surface area contributed by atoms with Gasteiger partial charge < -0.3 is 9.05 Å². The lowest BCUT2D eigenvalue weighted by Crippen LogP contribution is -2.20. The number of hydrogen-bond acceptors (Lipinski definition) is 5. The summed E-state index contributed by atoms with van der Waals surface area (Å²) in [6, 6.07) is 0. The average molecular weight is 286 g/mol. The quantitative estimate of drug-likeness (QED) is 0.502. The SMILES string of the molecule is CSCCOP(=O)(OCCSC)C(C)(C)C. The smallest absolute Gasteiger partial charge is 0.307 e. The Morgan fingerprint density at radius 3 is 1.62 bits per heavy atom. The summed E-state index contributed by atoms with van der Waals surface area (Å²) in [7, 11) is -2.99. The van der Waals surface area contributed by atoms with Gasteiger partial charge in [-0.05, 0) is 33.3 Å². The maximum Gasteiger partial charge on any atom is 0.335 e. The lowest BCUT2D eigenvalue weighted by atomic mass is 10.3. The fraction of sp³-hybridized carbons (Fsp3) is 1.00. The minimum atomic E-state index is -2.99. The van der Waals surface area contributed by atoms with E-state index in [2.05, 4.69) is 0 Å². The predicted octanol–water partition coefficient (Wildman–Crippen LogP) is 3.74. The predicted molar refractivity (Wildman–Crippen MR) is 76.0 cm³/mol. The van der Waals surface area contributed by atoms with Crippen molar-refractivity contribution in [2.45, 2.75) is 25.9 Å². The average Bonchev–Trinajstić information content (AvgIpc) is 2.17. The normalized spacial score (nSPS) is 13.1. The molecule has 0 fully saturated rings. The largest absolute Gasteiger partial charge is 0.335 e. The van der Waals surface area contributed by atoms with Crippen LogP contribution in [0.2, 0.25) is 0 Å². The standard InChI is InChI=1S/C10H23O3PS2/c1-10(2,3)14(11,12-6-8-15-4)13-7-9-16-5/h6-9H2,1-5H3. The first-order valence-electron chi connectivity index (χ1n) is 5.24. The second kappa shape index (κ2) is 8.04. The Kier molecular flexibility index (Phi) is 8.47. The van der Waals surface area contributed by atoms with Crippen molar-refractivity contribution in [3.63, 3.8) is 0 Å². The van der Waals surface area contributed by atoms with Gasteiger partial charge >= 0.3 is 7.60 Å². The van der Waals surface area contributed by atoms with E-state index in [9.17, 15) is 4.57 Å². The van der Waals surface area contributed by atoms with Crippen LogP contribution in [0.1, 0.15) is 20.8 Å². The van der Waals surface area contributed by atoms with Gasteiger partial charge in [-0.25, -0.2) is 0 Å². The van der Waals surface area contributed by atoms with Crippen LogP contribution in [0.4, 0.5) is 0 Å². The Labute approximate surface area is 108 Å². The van der Waals surface area contributed by atoms with Crippen molar-refractivity contribution in [2.75, 3.05) is 37.2 Å². The van der Waals surface area contributed by atoms with Gasteiger partial charge in [0, 0.05) is 11.5 Å². The van der Waals surface area contributed by atoms with E-state index in [1.807, 2.05) is 33.3 Å². The minimum Gasteiger partial charge on any atom is -0.307 e. The Morgan fingerprint density at radius 2 is 1.38 bits per heavy atom. The highest BCUT2D eigenvalue weighted by atomic mass is 32.2. The van der Waals surface area contributed by atoms with E-state index < -0.39 is 12.8 Å². The van der Waals surface area contributed by atoms with Crippen LogP contribution in [0, 0.1) is 0 Å². The Bertz CT molecular complexity index is 215. The van der Waals surface area contributed by atoms with Crippen LogP contribution in [0.3, 0.4) is 0 Å². The summed E-state index contributed by atoms with van der Waals surface area (Å²) in [6.07, 6.45) is 4.00. The molecule has 0 spiro atoms. The molecule has 0 radical (unpaired) electrons. The third kappa shape index (κ3) is 5.97. The molecule has 0 aromatic carbocycles. The van der Waals surface area contributed by atoms with Crippen LogP contribution >= 0.6 is 31.1 Å². The van der Waals surface area contributed by atoms with E-state index in [0.29, 0.717) is 13.2 Å². The molecule has 0 aromatic heterocycles. The van der Waals surface area contributed by atoms with Gasteiger partial charge in [0.15, 0.2) is 0 Å². The van der Waals surface area contributed by atoms with Gasteiger partial charge in [0.25, 0.3) is 0 Å². The van der Waals surface area contributed by atoms with E-state index in [1.165, 1.54) is 0 Å². The third-order valence-electron chi connectivity index (χ3n) is 1.92. The first-order valence-corrected chi connectivity index (χ1v) is 9.57. The van der Waals surface area contributed by atoms with Crippen LogP contribution in [0.25, 0.3) is 0 Å². The van der Waals surface area contributed by atoms with E-state index in [4.69, 9.17) is 9.05 Å². The van der Waals surface area contributed by atoms with Crippen molar-refractivity contribution < 1.29 is 13.6 Å². The molecule has 0 atom stereocenters. The highest BCUT2D eigenvalue weighted by molar-refractivity contribution is 7.98. The van der Waals surface area contributed by atoms with Crippen molar-refractivity contribution in [3.8, 4) is 0 Å². The molecule has 6 heteroatoms. The molecule has 0 saturated carbocycles. The van der Waals surface area contributed by atoms with Crippen molar-refractivity contribution in [1.29, 1.82) is 0 Å². The van der Waals surface area contributed by atoms with Crippen LogP contribution in [-0.2, 0) is 13.6 Å². The second-order valence-electron chi connectivity index (χ2n) is 4.32. The summed E-state index contributed by atoms with van der Waals surface area (Å²) < 4.78 is 23.5. The zero-order chi connectivity index (χ0) is 12.7. The van der Waals surface area contributed by atoms with Gasteiger partial charge in [-0.15, -0.1) is 0 Å². The van der Waals surface area contributed by atoms with Crippen LogP contribution in [0.15, 0.2) is 0 Å². The molecular formula is C10H23O3PS2. The third-order valence-corrected chi connectivity index (χ3v) is 5.76. The van der Waals surface area contributed by atoms with Gasteiger partial charge in [-0.2, -0.15) is 23.5 Å². The molecule has 16 heavy (non-hydrogen) atoms. The van der Waals surface area contributed by atoms with Gasteiger partial charge in [0.2, 0.25) is 0 Å². The van der Waals surface area contributed by atoms with Gasteiger partial charge in [-0.1, -0.05) is 0 Å².